The molecule has 0 aliphatic carbocycles. The molecule has 1 unspecified atom stereocenters. The second-order valence-electron chi connectivity index (χ2n) is 3.95. The summed E-state index contributed by atoms with van der Waals surface area (Å²) in [7, 11) is 0. The normalized spacial score (nSPS) is 12.3. The minimum Gasteiger partial charge on any atom is -0.307 e. The van der Waals surface area contributed by atoms with Crippen LogP contribution < -0.4 is 5.32 Å². The molecule has 0 amide bonds. The van der Waals surface area contributed by atoms with Crippen molar-refractivity contribution in [1.29, 1.82) is 0 Å². The molecule has 0 aliphatic rings. The van der Waals surface area contributed by atoms with Crippen molar-refractivity contribution < 1.29 is 4.39 Å². The molecule has 0 fully saturated rings. The lowest BCUT2D eigenvalue weighted by Crippen LogP contribution is -2.19. The van der Waals surface area contributed by atoms with Crippen molar-refractivity contribution in [2.24, 2.45) is 0 Å². The molecule has 1 aromatic rings. The molecule has 88 valence electrons. The van der Waals surface area contributed by atoms with E-state index < -0.39 is 0 Å². The van der Waals surface area contributed by atoms with Gasteiger partial charge in [-0.05, 0) is 38.1 Å². The molecule has 1 aromatic carbocycles. The van der Waals surface area contributed by atoms with Gasteiger partial charge in [-0.2, -0.15) is 0 Å². The lowest BCUT2D eigenvalue weighted by atomic mass is 10.0. The SMILES string of the molecule is CCNC(C=C(C)C)c1ccc(Cl)c(F)c1. The van der Waals surface area contributed by atoms with Gasteiger partial charge in [-0.3, -0.25) is 0 Å². The number of nitrogens with one attached hydrogen (secondary N) is 1. The zero-order valence-electron chi connectivity index (χ0n) is 9.85. The Labute approximate surface area is 101 Å². The highest BCUT2D eigenvalue weighted by Gasteiger charge is 2.09. The number of hydrogen-bond acceptors (Lipinski definition) is 1. The first-order valence-corrected chi connectivity index (χ1v) is 5.75. The number of hydrogen-bond donors (Lipinski definition) is 1. The van der Waals surface area contributed by atoms with Crippen molar-refractivity contribution in [3.05, 3.63) is 46.3 Å². The summed E-state index contributed by atoms with van der Waals surface area (Å²) in [6.07, 6.45) is 2.08. The van der Waals surface area contributed by atoms with Gasteiger partial charge in [-0.15, -0.1) is 0 Å². The first-order valence-electron chi connectivity index (χ1n) is 5.38. The van der Waals surface area contributed by atoms with Crippen molar-refractivity contribution in [3.8, 4) is 0 Å². The number of halogens is 2. The average molecular weight is 242 g/mol. The van der Waals surface area contributed by atoms with Crippen LogP contribution in [0.3, 0.4) is 0 Å². The third-order valence-corrected chi connectivity index (χ3v) is 2.53. The van der Waals surface area contributed by atoms with Gasteiger partial charge in [-0.25, -0.2) is 4.39 Å². The van der Waals surface area contributed by atoms with Crippen molar-refractivity contribution in [3.63, 3.8) is 0 Å². The van der Waals surface area contributed by atoms with Gasteiger partial charge in [0, 0.05) is 0 Å². The van der Waals surface area contributed by atoms with Crippen LogP contribution in [0.5, 0.6) is 0 Å². The third-order valence-electron chi connectivity index (χ3n) is 2.23. The largest absolute Gasteiger partial charge is 0.307 e. The van der Waals surface area contributed by atoms with Crippen LogP contribution in [-0.4, -0.2) is 6.54 Å². The molecule has 1 rings (SSSR count). The van der Waals surface area contributed by atoms with E-state index >= 15 is 0 Å². The maximum absolute atomic E-state index is 13.3. The van der Waals surface area contributed by atoms with Crippen molar-refractivity contribution in [2.75, 3.05) is 6.54 Å². The third kappa shape index (κ3) is 3.62. The predicted octanol–water partition coefficient (Wildman–Crippen LogP) is 4.10. The van der Waals surface area contributed by atoms with Gasteiger partial charge in [0.25, 0.3) is 0 Å². The van der Waals surface area contributed by atoms with Crippen molar-refractivity contribution in [1.82, 2.24) is 5.32 Å². The second kappa shape index (κ2) is 6.02. The Morgan fingerprint density at radius 3 is 2.69 bits per heavy atom. The van der Waals surface area contributed by atoms with Gasteiger partial charge >= 0.3 is 0 Å². The van der Waals surface area contributed by atoms with E-state index in [-0.39, 0.29) is 16.9 Å². The summed E-state index contributed by atoms with van der Waals surface area (Å²) >= 11 is 5.66. The quantitative estimate of drug-likeness (QED) is 0.783. The van der Waals surface area contributed by atoms with Crippen LogP contribution in [0.4, 0.5) is 4.39 Å². The molecule has 0 radical (unpaired) electrons. The standard InChI is InChI=1S/C13H17ClFN/c1-4-16-13(7-9(2)3)10-5-6-11(14)12(15)8-10/h5-8,13,16H,4H2,1-3H3. The molecule has 0 aliphatic heterocycles. The summed E-state index contributed by atoms with van der Waals surface area (Å²) in [4.78, 5) is 0. The Morgan fingerprint density at radius 1 is 1.50 bits per heavy atom. The van der Waals surface area contributed by atoms with E-state index in [4.69, 9.17) is 11.6 Å². The summed E-state index contributed by atoms with van der Waals surface area (Å²) < 4.78 is 13.3. The average Bonchev–Trinajstić information content (AvgIpc) is 2.21. The zero-order chi connectivity index (χ0) is 12.1. The highest BCUT2D eigenvalue weighted by Crippen LogP contribution is 2.21. The van der Waals surface area contributed by atoms with Gasteiger partial charge in [0.2, 0.25) is 0 Å². The van der Waals surface area contributed by atoms with Gasteiger partial charge < -0.3 is 5.32 Å². The van der Waals surface area contributed by atoms with Crippen molar-refractivity contribution in [2.45, 2.75) is 26.8 Å². The molecule has 0 aromatic heterocycles. The molecule has 1 N–H and O–H groups in total. The smallest absolute Gasteiger partial charge is 0.142 e. The highest BCUT2D eigenvalue weighted by molar-refractivity contribution is 6.30. The number of likely N-dealkylation sites (N-methyl/N-ethyl adjacent to an activating group) is 1. The van der Waals surface area contributed by atoms with E-state index in [1.807, 2.05) is 26.8 Å². The lowest BCUT2D eigenvalue weighted by molar-refractivity contribution is 0.609. The molecule has 1 atom stereocenters. The summed E-state index contributed by atoms with van der Waals surface area (Å²) in [6.45, 7) is 6.91. The molecule has 16 heavy (non-hydrogen) atoms. The van der Waals surface area contributed by atoms with Gasteiger partial charge in [0.1, 0.15) is 5.82 Å². The van der Waals surface area contributed by atoms with Crippen LogP contribution in [0.25, 0.3) is 0 Å². The van der Waals surface area contributed by atoms with E-state index in [2.05, 4.69) is 11.4 Å². The van der Waals surface area contributed by atoms with Gasteiger partial charge in [0.15, 0.2) is 0 Å². The fraction of sp³-hybridized carbons (Fsp3) is 0.385. The molecule has 0 saturated heterocycles. The summed E-state index contributed by atoms with van der Waals surface area (Å²) in [6, 6.07) is 4.96. The lowest BCUT2D eigenvalue weighted by Gasteiger charge is -2.15. The van der Waals surface area contributed by atoms with Crippen LogP contribution >= 0.6 is 11.6 Å². The Morgan fingerprint density at radius 2 is 2.19 bits per heavy atom. The Kier molecular flexibility index (Phi) is 4.97. The van der Waals surface area contributed by atoms with E-state index in [1.165, 1.54) is 11.6 Å². The Balaban J connectivity index is 3.01. The monoisotopic (exact) mass is 241 g/mol. The second-order valence-corrected chi connectivity index (χ2v) is 4.36. The summed E-state index contributed by atoms with van der Waals surface area (Å²) in [5.41, 5.74) is 2.09. The number of allylic oxidation sites excluding steroid dienone is 1. The minimum atomic E-state index is -0.371. The van der Waals surface area contributed by atoms with Crippen LogP contribution in [0, 0.1) is 5.82 Å². The fourth-order valence-corrected chi connectivity index (χ4v) is 1.65. The van der Waals surface area contributed by atoms with E-state index in [9.17, 15) is 4.39 Å². The molecule has 0 bridgehead atoms. The predicted molar refractivity (Wildman–Crippen MR) is 67.3 cm³/mol. The summed E-state index contributed by atoms with van der Waals surface area (Å²) in [5, 5.41) is 3.45. The fourth-order valence-electron chi connectivity index (χ4n) is 1.53. The topological polar surface area (TPSA) is 12.0 Å². The first kappa shape index (κ1) is 13.2. The van der Waals surface area contributed by atoms with Crippen LogP contribution in [0.1, 0.15) is 32.4 Å². The summed E-state index contributed by atoms with van der Waals surface area (Å²) in [5.74, 6) is -0.371. The zero-order valence-corrected chi connectivity index (χ0v) is 10.6. The Bertz CT molecular complexity index is 384. The van der Waals surface area contributed by atoms with Crippen LogP contribution in [0.2, 0.25) is 5.02 Å². The molecule has 3 heteroatoms. The Hall–Kier alpha value is -0.860. The number of benzene rings is 1. The molecule has 0 saturated carbocycles. The first-order chi connectivity index (χ1) is 7.54. The molecule has 0 spiro atoms. The van der Waals surface area contributed by atoms with Gasteiger partial charge in [0.05, 0.1) is 11.1 Å². The molecule has 0 heterocycles. The number of rotatable bonds is 4. The maximum atomic E-state index is 13.3. The van der Waals surface area contributed by atoms with E-state index in [1.54, 1.807) is 6.07 Å². The van der Waals surface area contributed by atoms with Crippen molar-refractivity contribution >= 4 is 11.6 Å². The highest BCUT2D eigenvalue weighted by atomic mass is 35.5. The van der Waals surface area contributed by atoms with Crippen LogP contribution in [-0.2, 0) is 0 Å². The van der Waals surface area contributed by atoms with E-state index in [0.717, 1.165) is 12.1 Å². The van der Waals surface area contributed by atoms with E-state index in [0.29, 0.717) is 0 Å². The van der Waals surface area contributed by atoms with Gasteiger partial charge in [-0.1, -0.05) is 36.2 Å². The van der Waals surface area contributed by atoms with Crippen LogP contribution in [0.15, 0.2) is 29.8 Å². The maximum Gasteiger partial charge on any atom is 0.142 e. The molecular formula is C13H17ClFN. The molecular weight excluding hydrogens is 225 g/mol. The molecule has 1 nitrogen and oxygen atoms in total. The minimum absolute atomic E-state index is 0.0433.